The first-order chi connectivity index (χ1) is 11.6. The van der Waals surface area contributed by atoms with Crippen LogP contribution in [0.5, 0.6) is 0 Å². The standard InChI is InChI=1S/C19H18N4O/c1-13-6-8-15(9-7-13)21-18(24)17-10-11-20-19(23-17)22-16-5-3-4-14(2)12-16/h3-12H,1-2H3,(H,21,24)(H,20,22,23). The maximum Gasteiger partial charge on any atom is 0.274 e. The highest BCUT2D eigenvalue weighted by Gasteiger charge is 2.09. The number of hydrogen-bond acceptors (Lipinski definition) is 4. The van der Waals surface area contributed by atoms with Crippen LogP contribution in [0.1, 0.15) is 21.6 Å². The molecule has 0 saturated heterocycles. The van der Waals surface area contributed by atoms with Gasteiger partial charge in [-0.25, -0.2) is 9.97 Å². The lowest BCUT2D eigenvalue weighted by Gasteiger charge is -2.08. The van der Waals surface area contributed by atoms with Crippen LogP contribution < -0.4 is 10.6 Å². The minimum atomic E-state index is -0.270. The average molecular weight is 318 g/mol. The number of aryl methyl sites for hydroxylation is 2. The molecule has 5 heteroatoms. The lowest BCUT2D eigenvalue weighted by molar-refractivity contribution is 0.102. The number of hydrogen-bond donors (Lipinski definition) is 2. The summed E-state index contributed by atoms with van der Waals surface area (Å²) in [6, 6.07) is 17.1. The van der Waals surface area contributed by atoms with Gasteiger partial charge in [-0.15, -0.1) is 0 Å². The van der Waals surface area contributed by atoms with Crippen molar-refractivity contribution in [2.75, 3.05) is 10.6 Å². The van der Waals surface area contributed by atoms with E-state index < -0.39 is 0 Å². The van der Waals surface area contributed by atoms with Crippen LogP contribution >= 0.6 is 0 Å². The van der Waals surface area contributed by atoms with Gasteiger partial charge in [0.2, 0.25) is 5.95 Å². The maximum atomic E-state index is 12.3. The van der Waals surface area contributed by atoms with Crippen molar-refractivity contribution in [3.8, 4) is 0 Å². The number of nitrogens with zero attached hydrogens (tertiary/aromatic N) is 2. The third-order valence-electron chi connectivity index (χ3n) is 3.47. The molecule has 2 N–H and O–H groups in total. The molecule has 5 nitrogen and oxygen atoms in total. The number of carbonyl (C=O) groups is 1. The van der Waals surface area contributed by atoms with Crippen molar-refractivity contribution in [2.45, 2.75) is 13.8 Å². The Hall–Kier alpha value is -3.21. The van der Waals surface area contributed by atoms with Gasteiger partial charge in [-0.3, -0.25) is 4.79 Å². The monoisotopic (exact) mass is 318 g/mol. The number of rotatable bonds is 4. The molecule has 0 aliphatic carbocycles. The lowest BCUT2D eigenvalue weighted by Crippen LogP contribution is -2.14. The zero-order valence-corrected chi connectivity index (χ0v) is 13.6. The van der Waals surface area contributed by atoms with Gasteiger partial charge in [0.1, 0.15) is 5.69 Å². The Balaban J connectivity index is 1.74. The van der Waals surface area contributed by atoms with Crippen LogP contribution in [0.3, 0.4) is 0 Å². The summed E-state index contributed by atoms with van der Waals surface area (Å²) >= 11 is 0. The fourth-order valence-corrected chi connectivity index (χ4v) is 2.23. The molecule has 0 unspecified atom stereocenters. The molecule has 3 aromatic rings. The summed E-state index contributed by atoms with van der Waals surface area (Å²) in [5, 5.41) is 5.94. The molecule has 0 fully saturated rings. The van der Waals surface area contributed by atoms with Gasteiger partial charge in [0.05, 0.1) is 0 Å². The first kappa shape index (κ1) is 15.7. The second kappa shape index (κ2) is 6.91. The first-order valence-corrected chi connectivity index (χ1v) is 7.65. The number of benzene rings is 2. The molecule has 0 spiro atoms. The quantitative estimate of drug-likeness (QED) is 0.760. The molecule has 1 aromatic heterocycles. The van der Waals surface area contributed by atoms with Crippen LogP contribution in [0.15, 0.2) is 60.8 Å². The van der Waals surface area contributed by atoms with Crippen molar-refractivity contribution in [3.63, 3.8) is 0 Å². The number of anilines is 3. The minimum Gasteiger partial charge on any atom is -0.324 e. The normalized spacial score (nSPS) is 10.2. The van der Waals surface area contributed by atoms with Crippen LogP contribution in [-0.4, -0.2) is 15.9 Å². The van der Waals surface area contributed by atoms with Crippen LogP contribution in [-0.2, 0) is 0 Å². The first-order valence-electron chi connectivity index (χ1n) is 7.65. The van der Waals surface area contributed by atoms with Gasteiger partial charge < -0.3 is 10.6 Å². The molecule has 24 heavy (non-hydrogen) atoms. The summed E-state index contributed by atoms with van der Waals surface area (Å²) in [4.78, 5) is 20.8. The topological polar surface area (TPSA) is 66.9 Å². The molecule has 0 aliphatic rings. The third kappa shape index (κ3) is 3.95. The molecule has 2 aromatic carbocycles. The van der Waals surface area contributed by atoms with Crippen LogP contribution in [0, 0.1) is 13.8 Å². The Labute approximate surface area is 140 Å². The fraction of sp³-hybridized carbons (Fsp3) is 0.105. The summed E-state index contributed by atoms with van der Waals surface area (Å²) in [6.45, 7) is 4.01. The van der Waals surface area contributed by atoms with E-state index in [0.717, 1.165) is 22.5 Å². The highest BCUT2D eigenvalue weighted by atomic mass is 16.1. The number of aromatic nitrogens is 2. The van der Waals surface area contributed by atoms with Gasteiger partial charge in [-0.2, -0.15) is 0 Å². The minimum absolute atomic E-state index is 0.270. The number of nitrogens with one attached hydrogen (secondary N) is 2. The third-order valence-corrected chi connectivity index (χ3v) is 3.47. The summed E-state index contributed by atoms with van der Waals surface area (Å²) < 4.78 is 0. The predicted octanol–water partition coefficient (Wildman–Crippen LogP) is 4.09. The molecule has 120 valence electrons. The second-order valence-corrected chi connectivity index (χ2v) is 5.58. The van der Waals surface area contributed by atoms with Crippen molar-refractivity contribution < 1.29 is 4.79 Å². The molecule has 0 saturated carbocycles. The van der Waals surface area contributed by atoms with Crippen molar-refractivity contribution in [1.29, 1.82) is 0 Å². The molecule has 0 atom stereocenters. The van der Waals surface area contributed by atoms with Crippen molar-refractivity contribution in [3.05, 3.63) is 77.6 Å². The van der Waals surface area contributed by atoms with Gasteiger partial charge in [0.25, 0.3) is 5.91 Å². The van der Waals surface area contributed by atoms with E-state index in [1.54, 1.807) is 12.3 Å². The molecular formula is C19H18N4O. The van der Waals surface area contributed by atoms with E-state index in [1.807, 2.05) is 62.4 Å². The molecule has 1 amide bonds. The Kier molecular flexibility index (Phi) is 4.52. The van der Waals surface area contributed by atoms with Crippen molar-refractivity contribution in [2.24, 2.45) is 0 Å². The van der Waals surface area contributed by atoms with E-state index in [9.17, 15) is 4.79 Å². The Morgan fingerprint density at radius 1 is 0.917 bits per heavy atom. The summed E-state index contributed by atoms with van der Waals surface area (Å²) in [7, 11) is 0. The maximum absolute atomic E-state index is 12.3. The van der Waals surface area contributed by atoms with Crippen LogP contribution in [0.25, 0.3) is 0 Å². The zero-order chi connectivity index (χ0) is 16.9. The summed E-state index contributed by atoms with van der Waals surface area (Å²) in [5.74, 6) is 0.116. The largest absolute Gasteiger partial charge is 0.324 e. The highest BCUT2D eigenvalue weighted by Crippen LogP contribution is 2.15. The SMILES string of the molecule is Cc1ccc(NC(=O)c2ccnc(Nc3cccc(C)c3)n2)cc1. The molecule has 0 aliphatic heterocycles. The average Bonchev–Trinajstić information content (AvgIpc) is 2.57. The van der Waals surface area contributed by atoms with E-state index >= 15 is 0 Å². The molecule has 1 heterocycles. The van der Waals surface area contributed by atoms with E-state index in [1.165, 1.54) is 0 Å². The van der Waals surface area contributed by atoms with E-state index in [4.69, 9.17) is 0 Å². The number of carbonyl (C=O) groups excluding carboxylic acids is 1. The van der Waals surface area contributed by atoms with Gasteiger partial charge in [0, 0.05) is 17.6 Å². The smallest absolute Gasteiger partial charge is 0.274 e. The van der Waals surface area contributed by atoms with E-state index in [2.05, 4.69) is 20.6 Å². The van der Waals surface area contributed by atoms with Gasteiger partial charge >= 0.3 is 0 Å². The lowest BCUT2D eigenvalue weighted by atomic mass is 10.2. The molecule has 3 rings (SSSR count). The summed E-state index contributed by atoms with van der Waals surface area (Å²) in [5.41, 5.74) is 4.19. The van der Waals surface area contributed by atoms with Gasteiger partial charge in [-0.1, -0.05) is 29.8 Å². The van der Waals surface area contributed by atoms with E-state index in [0.29, 0.717) is 11.6 Å². The Morgan fingerprint density at radius 2 is 1.71 bits per heavy atom. The highest BCUT2D eigenvalue weighted by molar-refractivity contribution is 6.03. The number of amides is 1. The predicted molar refractivity (Wildman–Crippen MR) is 95.6 cm³/mol. The molecular weight excluding hydrogens is 300 g/mol. The van der Waals surface area contributed by atoms with E-state index in [-0.39, 0.29) is 5.91 Å². The van der Waals surface area contributed by atoms with Crippen molar-refractivity contribution in [1.82, 2.24) is 9.97 Å². The van der Waals surface area contributed by atoms with Gasteiger partial charge in [-0.05, 0) is 49.7 Å². The van der Waals surface area contributed by atoms with Crippen LogP contribution in [0.4, 0.5) is 17.3 Å². The second-order valence-electron chi connectivity index (χ2n) is 5.58. The van der Waals surface area contributed by atoms with Gasteiger partial charge in [0.15, 0.2) is 0 Å². The molecule has 0 radical (unpaired) electrons. The Bertz CT molecular complexity index is 859. The zero-order valence-electron chi connectivity index (χ0n) is 13.6. The Morgan fingerprint density at radius 3 is 2.46 bits per heavy atom. The summed E-state index contributed by atoms with van der Waals surface area (Å²) in [6.07, 6.45) is 1.56. The van der Waals surface area contributed by atoms with Crippen LogP contribution in [0.2, 0.25) is 0 Å². The fourth-order valence-electron chi connectivity index (χ4n) is 2.23. The van der Waals surface area contributed by atoms with Crippen molar-refractivity contribution >= 4 is 23.2 Å². The molecule has 0 bridgehead atoms.